The molecule has 6 nitrogen and oxygen atoms in total. The first-order valence-corrected chi connectivity index (χ1v) is 12.2. The molecule has 0 aliphatic heterocycles. The summed E-state index contributed by atoms with van der Waals surface area (Å²) in [7, 11) is 0. The lowest BCUT2D eigenvalue weighted by atomic mass is 10.1. The van der Waals surface area contributed by atoms with E-state index in [2.05, 4.69) is 17.6 Å². The van der Waals surface area contributed by atoms with Crippen molar-refractivity contribution in [2.75, 3.05) is 5.32 Å². The number of halogens is 3. The van der Waals surface area contributed by atoms with E-state index in [-0.39, 0.29) is 11.6 Å². The number of nitro groups is 1. The number of nitrogens with one attached hydrogen (secondary N) is 2. The number of alkyl halides is 3. The molecule has 31 heavy (non-hydrogen) atoms. The maximum atomic E-state index is 12.3. The molecule has 1 atom stereocenters. The van der Waals surface area contributed by atoms with E-state index in [0.717, 1.165) is 19.3 Å². The number of carbonyl (C=O) groups excluding carboxylic acids is 1. The van der Waals surface area contributed by atoms with Crippen LogP contribution < -0.4 is 10.6 Å². The molecule has 0 fully saturated rings. The lowest BCUT2D eigenvalue weighted by molar-refractivity contribution is -0.384. The Morgan fingerprint density at radius 3 is 2.06 bits per heavy atom. The van der Waals surface area contributed by atoms with Crippen molar-refractivity contribution in [3.05, 3.63) is 34.4 Å². The van der Waals surface area contributed by atoms with Crippen LogP contribution in [0.3, 0.4) is 0 Å². The third kappa shape index (κ3) is 13.0. The molecule has 1 amide bonds. The third-order valence-corrected chi connectivity index (χ3v) is 5.66. The lowest BCUT2D eigenvalue weighted by Crippen LogP contribution is -2.49. The van der Waals surface area contributed by atoms with Crippen molar-refractivity contribution < 1.29 is 9.72 Å². The second-order valence-electron chi connectivity index (χ2n) is 7.78. The summed E-state index contributed by atoms with van der Waals surface area (Å²) in [5.74, 6) is -0.231. The van der Waals surface area contributed by atoms with Crippen molar-refractivity contribution in [3.8, 4) is 0 Å². The summed E-state index contributed by atoms with van der Waals surface area (Å²) in [6.45, 7) is 2.23. The standard InChI is InChI=1S/C22H34Cl3N3O3/c1-2-3-4-5-6-7-8-9-10-11-12-16-20(29)27-21(22(23,24)25)26-18-14-13-15-19(17-18)28(30)31/h13-15,17,21,26H,2-12,16H2,1H3,(H,27,29). The van der Waals surface area contributed by atoms with Crippen LogP contribution >= 0.6 is 34.8 Å². The van der Waals surface area contributed by atoms with Gasteiger partial charge in [0.25, 0.3) is 5.69 Å². The van der Waals surface area contributed by atoms with Crippen molar-refractivity contribution in [1.29, 1.82) is 0 Å². The van der Waals surface area contributed by atoms with E-state index in [1.807, 2.05) is 0 Å². The molecule has 0 saturated carbocycles. The largest absolute Gasteiger partial charge is 0.362 e. The van der Waals surface area contributed by atoms with E-state index >= 15 is 0 Å². The van der Waals surface area contributed by atoms with Crippen LogP contribution in [-0.4, -0.2) is 20.8 Å². The van der Waals surface area contributed by atoms with E-state index in [9.17, 15) is 14.9 Å². The first kappa shape index (κ1) is 27.8. The van der Waals surface area contributed by atoms with E-state index in [4.69, 9.17) is 34.8 Å². The number of rotatable bonds is 16. The van der Waals surface area contributed by atoms with E-state index in [1.165, 1.54) is 69.6 Å². The van der Waals surface area contributed by atoms with Crippen molar-refractivity contribution in [2.24, 2.45) is 0 Å². The molecule has 9 heteroatoms. The van der Waals surface area contributed by atoms with Gasteiger partial charge in [-0.15, -0.1) is 0 Å². The van der Waals surface area contributed by atoms with Crippen LogP contribution in [0.2, 0.25) is 0 Å². The van der Waals surface area contributed by atoms with Gasteiger partial charge in [-0.25, -0.2) is 0 Å². The molecule has 0 heterocycles. The van der Waals surface area contributed by atoms with E-state index in [1.54, 1.807) is 6.07 Å². The average molecular weight is 495 g/mol. The maximum Gasteiger partial charge on any atom is 0.271 e. The van der Waals surface area contributed by atoms with Gasteiger partial charge in [-0.2, -0.15) is 0 Å². The molecule has 1 aromatic rings. The summed E-state index contributed by atoms with van der Waals surface area (Å²) in [5, 5.41) is 16.5. The Kier molecular flexibility index (Phi) is 13.9. The fourth-order valence-corrected chi connectivity index (χ4v) is 3.59. The van der Waals surface area contributed by atoms with Gasteiger partial charge >= 0.3 is 0 Å². The Bertz CT molecular complexity index is 669. The zero-order valence-corrected chi connectivity index (χ0v) is 20.4. The molecule has 1 aromatic carbocycles. The third-order valence-electron chi connectivity index (χ3n) is 5.01. The summed E-state index contributed by atoms with van der Waals surface area (Å²) in [5.41, 5.74) is 0.279. The number of amides is 1. The molecule has 0 bridgehead atoms. The molecule has 0 spiro atoms. The molecular weight excluding hydrogens is 461 g/mol. The topological polar surface area (TPSA) is 84.3 Å². The van der Waals surface area contributed by atoms with Gasteiger partial charge in [0.1, 0.15) is 6.17 Å². The number of benzene rings is 1. The minimum Gasteiger partial charge on any atom is -0.362 e. The van der Waals surface area contributed by atoms with E-state index < -0.39 is 14.9 Å². The summed E-state index contributed by atoms with van der Waals surface area (Å²) in [6, 6.07) is 5.80. The molecule has 0 saturated heterocycles. The normalized spacial score (nSPS) is 12.4. The van der Waals surface area contributed by atoms with Crippen LogP contribution in [0.4, 0.5) is 11.4 Å². The Morgan fingerprint density at radius 1 is 1.00 bits per heavy atom. The fraction of sp³-hybridized carbons (Fsp3) is 0.682. The molecule has 176 valence electrons. The van der Waals surface area contributed by atoms with Gasteiger partial charge in [0.2, 0.25) is 9.70 Å². The summed E-state index contributed by atoms with van der Waals surface area (Å²) in [6.07, 6.45) is 12.5. The summed E-state index contributed by atoms with van der Waals surface area (Å²) >= 11 is 18.0. The van der Waals surface area contributed by atoms with Crippen molar-refractivity contribution in [3.63, 3.8) is 0 Å². The Labute approximate surface area is 200 Å². The number of unbranched alkanes of at least 4 members (excludes halogenated alkanes) is 10. The van der Waals surface area contributed by atoms with Crippen LogP contribution in [0.25, 0.3) is 0 Å². The Balaban J connectivity index is 2.30. The van der Waals surface area contributed by atoms with Crippen LogP contribution in [-0.2, 0) is 4.79 Å². The van der Waals surface area contributed by atoms with Gasteiger partial charge in [-0.1, -0.05) is 112 Å². The van der Waals surface area contributed by atoms with Gasteiger partial charge in [0.05, 0.1) is 4.92 Å². The van der Waals surface area contributed by atoms with Crippen LogP contribution in [0.1, 0.15) is 84.0 Å². The van der Waals surface area contributed by atoms with Crippen LogP contribution in [0.5, 0.6) is 0 Å². The maximum absolute atomic E-state index is 12.3. The van der Waals surface area contributed by atoms with E-state index in [0.29, 0.717) is 12.1 Å². The predicted molar refractivity (Wildman–Crippen MR) is 130 cm³/mol. The van der Waals surface area contributed by atoms with Crippen molar-refractivity contribution in [2.45, 2.75) is 93.9 Å². The van der Waals surface area contributed by atoms with Gasteiger partial charge in [0.15, 0.2) is 0 Å². The minimum atomic E-state index is -1.82. The number of nitro benzene ring substituents is 1. The van der Waals surface area contributed by atoms with Crippen LogP contribution in [0, 0.1) is 10.1 Å². The number of carbonyl (C=O) groups is 1. The van der Waals surface area contributed by atoms with Gasteiger partial charge in [0, 0.05) is 24.2 Å². The zero-order valence-electron chi connectivity index (χ0n) is 18.2. The highest BCUT2D eigenvalue weighted by molar-refractivity contribution is 6.68. The highest BCUT2D eigenvalue weighted by Gasteiger charge is 2.34. The summed E-state index contributed by atoms with van der Waals surface area (Å²) in [4.78, 5) is 22.7. The van der Waals surface area contributed by atoms with Crippen molar-refractivity contribution in [1.82, 2.24) is 5.32 Å². The number of hydrogen-bond donors (Lipinski definition) is 2. The predicted octanol–water partition coefficient (Wildman–Crippen LogP) is 7.52. The van der Waals surface area contributed by atoms with Gasteiger partial charge in [-0.3, -0.25) is 14.9 Å². The zero-order chi connectivity index (χ0) is 23.1. The summed E-state index contributed by atoms with van der Waals surface area (Å²) < 4.78 is -1.82. The molecule has 1 rings (SSSR count). The highest BCUT2D eigenvalue weighted by atomic mass is 35.6. The Hall–Kier alpha value is -1.24. The first-order chi connectivity index (χ1) is 14.7. The molecule has 0 aromatic heterocycles. The Morgan fingerprint density at radius 2 is 1.55 bits per heavy atom. The molecule has 2 N–H and O–H groups in total. The van der Waals surface area contributed by atoms with Crippen LogP contribution in [0.15, 0.2) is 24.3 Å². The SMILES string of the molecule is CCCCCCCCCCCCCC(=O)NC(Nc1cccc([N+](=O)[O-])c1)C(Cl)(Cl)Cl. The highest BCUT2D eigenvalue weighted by Crippen LogP contribution is 2.31. The molecule has 1 unspecified atom stereocenters. The fourth-order valence-electron chi connectivity index (χ4n) is 3.26. The quantitative estimate of drug-likeness (QED) is 0.0818. The molecular formula is C22H34Cl3N3O3. The molecule has 0 aliphatic rings. The second-order valence-corrected chi connectivity index (χ2v) is 10.1. The first-order valence-electron chi connectivity index (χ1n) is 11.1. The molecule has 0 radical (unpaired) electrons. The smallest absolute Gasteiger partial charge is 0.271 e. The number of hydrogen-bond acceptors (Lipinski definition) is 4. The number of nitrogens with zero attached hydrogens (tertiary/aromatic N) is 1. The number of anilines is 1. The van der Waals surface area contributed by atoms with Gasteiger partial charge < -0.3 is 10.6 Å². The van der Waals surface area contributed by atoms with Gasteiger partial charge in [-0.05, 0) is 12.5 Å². The molecule has 0 aliphatic carbocycles. The lowest BCUT2D eigenvalue weighted by Gasteiger charge is -2.27. The monoisotopic (exact) mass is 493 g/mol. The minimum absolute atomic E-state index is 0.0969. The van der Waals surface area contributed by atoms with Crippen molar-refractivity contribution >= 4 is 52.1 Å². The number of non-ortho nitro benzene ring substituents is 1. The average Bonchev–Trinajstić information content (AvgIpc) is 2.71. The second kappa shape index (κ2) is 15.5.